The van der Waals surface area contributed by atoms with E-state index >= 15 is 0 Å². The first kappa shape index (κ1) is 11.5. The van der Waals surface area contributed by atoms with Gasteiger partial charge in [0.05, 0.1) is 6.10 Å². The van der Waals surface area contributed by atoms with Crippen molar-refractivity contribution in [3.63, 3.8) is 0 Å². The van der Waals surface area contributed by atoms with Crippen molar-refractivity contribution in [2.75, 3.05) is 7.05 Å². The van der Waals surface area contributed by atoms with E-state index < -0.39 is 0 Å². The molecule has 1 aliphatic rings. The Morgan fingerprint density at radius 2 is 1.69 bits per heavy atom. The molecule has 1 aromatic carbocycles. The third-order valence-electron chi connectivity index (χ3n) is 3.41. The molecule has 0 heterocycles. The molecule has 0 saturated heterocycles. The minimum Gasteiger partial charge on any atom is -0.490 e. The number of benzene rings is 1. The Kier molecular flexibility index (Phi) is 3.83. The van der Waals surface area contributed by atoms with Crippen molar-refractivity contribution in [2.45, 2.75) is 44.8 Å². The topological polar surface area (TPSA) is 21.3 Å². The van der Waals surface area contributed by atoms with Gasteiger partial charge in [-0.25, -0.2) is 0 Å². The molecule has 0 aromatic heterocycles. The Morgan fingerprint density at radius 3 is 2.25 bits per heavy atom. The van der Waals surface area contributed by atoms with Crippen molar-refractivity contribution in [2.24, 2.45) is 0 Å². The highest BCUT2D eigenvalue weighted by atomic mass is 16.5. The highest BCUT2D eigenvalue weighted by molar-refractivity contribution is 5.26. The Morgan fingerprint density at radius 1 is 1.06 bits per heavy atom. The van der Waals surface area contributed by atoms with Gasteiger partial charge in [-0.15, -0.1) is 0 Å². The molecule has 1 aliphatic carbocycles. The molecule has 0 aliphatic heterocycles. The number of hydrogen-bond donors (Lipinski definition) is 1. The maximum absolute atomic E-state index is 5.98. The van der Waals surface area contributed by atoms with Crippen LogP contribution in [0.1, 0.15) is 31.2 Å². The Balaban J connectivity index is 1.84. The van der Waals surface area contributed by atoms with Crippen LogP contribution in [0.4, 0.5) is 0 Å². The van der Waals surface area contributed by atoms with Crippen LogP contribution in [0.25, 0.3) is 0 Å². The zero-order valence-corrected chi connectivity index (χ0v) is 10.2. The smallest absolute Gasteiger partial charge is 0.119 e. The zero-order valence-electron chi connectivity index (χ0n) is 10.2. The van der Waals surface area contributed by atoms with Gasteiger partial charge in [0.15, 0.2) is 0 Å². The second-order valence-corrected chi connectivity index (χ2v) is 4.69. The molecule has 0 unspecified atom stereocenters. The maximum atomic E-state index is 5.98. The highest BCUT2D eigenvalue weighted by Gasteiger charge is 2.20. The maximum Gasteiger partial charge on any atom is 0.119 e. The molecule has 0 bridgehead atoms. The molecular weight excluding hydrogens is 198 g/mol. The number of aryl methyl sites for hydroxylation is 1. The van der Waals surface area contributed by atoms with Crippen molar-refractivity contribution in [1.29, 1.82) is 0 Å². The summed E-state index contributed by atoms with van der Waals surface area (Å²) in [7, 11) is 2.05. The predicted octanol–water partition coefficient (Wildman–Crippen LogP) is 2.90. The van der Waals surface area contributed by atoms with E-state index in [4.69, 9.17) is 4.74 Å². The largest absolute Gasteiger partial charge is 0.490 e. The number of nitrogens with one attached hydrogen (secondary N) is 1. The summed E-state index contributed by atoms with van der Waals surface area (Å²) in [6, 6.07) is 9.04. The lowest BCUT2D eigenvalue weighted by atomic mass is 9.93. The van der Waals surface area contributed by atoms with Crippen LogP contribution in [-0.2, 0) is 0 Å². The molecule has 0 radical (unpaired) electrons. The van der Waals surface area contributed by atoms with Crippen LogP contribution in [0.3, 0.4) is 0 Å². The van der Waals surface area contributed by atoms with Crippen LogP contribution in [-0.4, -0.2) is 19.2 Å². The first-order valence-corrected chi connectivity index (χ1v) is 6.18. The molecule has 1 aromatic rings. The lowest BCUT2D eigenvalue weighted by Gasteiger charge is -2.28. The Hall–Kier alpha value is -1.02. The summed E-state index contributed by atoms with van der Waals surface area (Å²) in [4.78, 5) is 0. The SMILES string of the molecule is CNC1CCC(Oc2ccc(C)cc2)CC1. The average Bonchev–Trinajstić information content (AvgIpc) is 2.33. The van der Waals surface area contributed by atoms with Gasteiger partial charge in [-0.05, 0) is 51.8 Å². The van der Waals surface area contributed by atoms with Crippen molar-refractivity contribution >= 4 is 0 Å². The van der Waals surface area contributed by atoms with Gasteiger partial charge >= 0.3 is 0 Å². The summed E-state index contributed by atoms with van der Waals surface area (Å²) in [5.74, 6) is 1.01. The molecule has 1 saturated carbocycles. The summed E-state index contributed by atoms with van der Waals surface area (Å²) in [6.45, 7) is 2.10. The van der Waals surface area contributed by atoms with E-state index in [0.717, 1.165) is 5.75 Å². The van der Waals surface area contributed by atoms with Crippen LogP contribution in [0.15, 0.2) is 24.3 Å². The van der Waals surface area contributed by atoms with E-state index in [1.54, 1.807) is 0 Å². The molecular formula is C14H21NO. The molecule has 16 heavy (non-hydrogen) atoms. The van der Waals surface area contributed by atoms with E-state index in [1.165, 1.54) is 31.2 Å². The highest BCUT2D eigenvalue weighted by Crippen LogP contribution is 2.23. The normalized spacial score (nSPS) is 25.4. The monoisotopic (exact) mass is 219 g/mol. The third kappa shape index (κ3) is 2.99. The molecule has 0 spiro atoms. The van der Waals surface area contributed by atoms with Gasteiger partial charge in [0.1, 0.15) is 5.75 Å². The second kappa shape index (κ2) is 5.35. The number of ether oxygens (including phenoxy) is 1. The van der Waals surface area contributed by atoms with Crippen LogP contribution < -0.4 is 10.1 Å². The molecule has 0 amide bonds. The number of hydrogen-bond acceptors (Lipinski definition) is 2. The van der Waals surface area contributed by atoms with Gasteiger partial charge < -0.3 is 10.1 Å². The molecule has 0 atom stereocenters. The van der Waals surface area contributed by atoms with Crippen LogP contribution in [0.2, 0.25) is 0 Å². The van der Waals surface area contributed by atoms with Gasteiger partial charge in [0, 0.05) is 6.04 Å². The summed E-state index contributed by atoms with van der Waals surface area (Å²) >= 11 is 0. The summed E-state index contributed by atoms with van der Waals surface area (Å²) in [5.41, 5.74) is 1.28. The fourth-order valence-corrected chi connectivity index (χ4v) is 2.28. The fraction of sp³-hybridized carbons (Fsp3) is 0.571. The van der Waals surface area contributed by atoms with Gasteiger partial charge in [-0.1, -0.05) is 17.7 Å². The van der Waals surface area contributed by atoms with E-state index in [9.17, 15) is 0 Å². The van der Waals surface area contributed by atoms with E-state index in [2.05, 4.69) is 36.5 Å². The van der Waals surface area contributed by atoms with Gasteiger partial charge in [0.2, 0.25) is 0 Å². The molecule has 2 heteroatoms. The predicted molar refractivity (Wildman–Crippen MR) is 66.9 cm³/mol. The van der Waals surface area contributed by atoms with E-state index in [1.807, 2.05) is 7.05 Å². The number of rotatable bonds is 3. The van der Waals surface area contributed by atoms with Crippen molar-refractivity contribution < 1.29 is 4.74 Å². The summed E-state index contributed by atoms with van der Waals surface area (Å²) in [5, 5.41) is 3.34. The summed E-state index contributed by atoms with van der Waals surface area (Å²) < 4.78 is 5.98. The lowest BCUT2D eigenvalue weighted by molar-refractivity contribution is 0.141. The third-order valence-corrected chi connectivity index (χ3v) is 3.41. The van der Waals surface area contributed by atoms with Crippen molar-refractivity contribution in [1.82, 2.24) is 5.32 Å². The first-order valence-electron chi connectivity index (χ1n) is 6.18. The van der Waals surface area contributed by atoms with Crippen LogP contribution >= 0.6 is 0 Å². The molecule has 2 rings (SSSR count). The minimum absolute atomic E-state index is 0.410. The molecule has 1 fully saturated rings. The molecule has 2 nitrogen and oxygen atoms in total. The summed E-state index contributed by atoms with van der Waals surface area (Å²) in [6.07, 6.45) is 5.20. The lowest BCUT2D eigenvalue weighted by Crippen LogP contribution is -2.34. The van der Waals surface area contributed by atoms with Crippen LogP contribution in [0, 0.1) is 6.92 Å². The second-order valence-electron chi connectivity index (χ2n) is 4.69. The van der Waals surface area contributed by atoms with Crippen LogP contribution in [0.5, 0.6) is 5.75 Å². The minimum atomic E-state index is 0.410. The Bertz CT molecular complexity index is 312. The van der Waals surface area contributed by atoms with Gasteiger partial charge in [-0.3, -0.25) is 0 Å². The fourth-order valence-electron chi connectivity index (χ4n) is 2.28. The van der Waals surface area contributed by atoms with E-state index in [-0.39, 0.29) is 0 Å². The quantitative estimate of drug-likeness (QED) is 0.844. The first-order chi connectivity index (χ1) is 7.78. The average molecular weight is 219 g/mol. The van der Waals surface area contributed by atoms with Gasteiger partial charge in [-0.2, -0.15) is 0 Å². The van der Waals surface area contributed by atoms with Crippen molar-refractivity contribution in [3.8, 4) is 5.75 Å². The van der Waals surface area contributed by atoms with Crippen molar-refractivity contribution in [3.05, 3.63) is 29.8 Å². The standard InChI is InChI=1S/C14H21NO/c1-11-3-7-13(8-4-11)16-14-9-5-12(15-2)6-10-14/h3-4,7-8,12,14-15H,5-6,9-10H2,1-2H3. The zero-order chi connectivity index (χ0) is 11.4. The molecule has 88 valence electrons. The van der Waals surface area contributed by atoms with Gasteiger partial charge in [0.25, 0.3) is 0 Å². The molecule has 1 N–H and O–H groups in total. The Labute approximate surface area is 98.0 Å². The van der Waals surface area contributed by atoms with E-state index in [0.29, 0.717) is 12.1 Å².